The molecule has 0 radical (unpaired) electrons. The quantitative estimate of drug-likeness (QED) is 0.376. The van der Waals surface area contributed by atoms with E-state index >= 15 is 0 Å². The van der Waals surface area contributed by atoms with Crippen molar-refractivity contribution >= 4 is 32.4 Å². The van der Waals surface area contributed by atoms with E-state index in [9.17, 15) is 13.2 Å². The van der Waals surface area contributed by atoms with Crippen molar-refractivity contribution < 1.29 is 13.2 Å². The molecule has 0 bridgehead atoms. The number of hydrogen-bond donors (Lipinski definition) is 0. The normalized spacial score (nSPS) is 19.5. The summed E-state index contributed by atoms with van der Waals surface area (Å²) in [5.41, 5.74) is 5.71. The fraction of sp³-hybridized carbons (Fsp3) is 0.469. The molecule has 7 heteroatoms. The first kappa shape index (κ1) is 26.3. The molecular weight excluding hydrogens is 506 g/mol. The minimum atomic E-state index is -3.55. The van der Waals surface area contributed by atoms with Crippen LogP contribution in [-0.2, 0) is 21.4 Å². The summed E-state index contributed by atoms with van der Waals surface area (Å²) in [7, 11) is -3.55. The molecule has 1 aliphatic carbocycles. The summed E-state index contributed by atoms with van der Waals surface area (Å²) in [4.78, 5) is 15.4. The molecule has 3 aliphatic rings. The van der Waals surface area contributed by atoms with E-state index in [1.54, 1.807) is 16.4 Å². The van der Waals surface area contributed by atoms with Crippen molar-refractivity contribution in [2.75, 3.05) is 26.2 Å². The van der Waals surface area contributed by atoms with Crippen molar-refractivity contribution in [3.8, 4) is 0 Å². The monoisotopic (exact) mass is 545 g/mol. The number of fused-ring (bicyclic) bond motifs is 1. The highest BCUT2D eigenvalue weighted by Gasteiger charge is 2.29. The maximum absolute atomic E-state index is 13.5. The molecule has 3 heterocycles. The number of rotatable bonds is 6. The summed E-state index contributed by atoms with van der Waals surface area (Å²) in [5.74, 6) is 0.735. The van der Waals surface area contributed by atoms with E-state index < -0.39 is 10.0 Å². The standard InChI is InChI=1S/C32H39N3O3S/c1-24-32(29-11-5-6-12-30(29)35(24)23-31(36)33-19-7-8-20-33)27-17-21-34(22-18-27)39(37,38)28-15-13-26(14-16-28)25-9-3-2-4-10-25/h5-6,11-17,25H,2-4,7-10,18-23H2,1H3. The van der Waals surface area contributed by atoms with Crippen LogP contribution < -0.4 is 0 Å². The summed E-state index contributed by atoms with van der Waals surface area (Å²) >= 11 is 0. The van der Waals surface area contributed by atoms with Crippen LogP contribution in [0, 0.1) is 6.92 Å². The summed E-state index contributed by atoms with van der Waals surface area (Å²) < 4.78 is 30.7. The highest BCUT2D eigenvalue weighted by Crippen LogP contribution is 2.36. The van der Waals surface area contributed by atoms with Gasteiger partial charge in [-0.25, -0.2) is 8.42 Å². The van der Waals surface area contributed by atoms with Gasteiger partial charge in [-0.15, -0.1) is 0 Å². The largest absolute Gasteiger partial charge is 0.341 e. The van der Waals surface area contributed by atoms with Crippen molar-refractivity contribution in [2.45, 2.75) is 75.6 Å². The average molecular weight is 546 g/mol. The lowest BCUT2D eigenvalue weighted by atomic mass is 9.84. The number of carbonyl (C=O) groups is 1. The van der Waals surface area contributed by atoms with Gasteiger partial charge in [0, 0.05) is 48.3 Å². The molecule has 1 aromatic heterocycles. The number of sulfonamides is 1. The molecule has 6 rings (SSSR count). The van der Waals surface area contributed by atoms with Gasteiger partial charge in [0.1, 0.15) is 6.54 Å². The maximum Gasteiger partial charge on any atom is 0.243 e. The van der Waals surface area contributed by atoms with E-state index in [2.05, 4.69) is 29.7 Å². The lowest BCUT2D eigenvalue weighted by Gasteiger charge is -2.27. The van der Waals surface area contributed by atoms with Crippen molar-refractivity contribution in [3.63, 3.8) is 0 Å². The topological polar surface area (TPSA) is 62.6 Å². The third-order valence-electron chi connectivity index (χ3n) is 9.07. The Balaban J connectivity index is 1.23. The Morgan fingerprint density at radius 3 is 2.31 bits per heavy atom. The summed E-state index contributed by atoms with van der Waals surface area (Å²) in [5, 5.41) is 1.13. The maximum atomic E-state index is 13.5. The Kier molecular flexibility index (Phi) is 7.38. The van der Waals surface area contributed by atoms with Gasteiger partial charge in [0.2, 0.25) is 15.9 Å². The Morgan fingerprint density at radius 1 is 0.897 bits per heavy atom. The van der Waals surface area contributed by atoms with E-state index in [1.807, 2.05) is 29.2 Å². The number of carbonyl (C=O) groups excluding carboxylic acids is 1. The van der Waals surface area contributed by atoms with Crippen molar-refractivity contribution in [1.29, 1.82) is 0 Å². The van der Waals surface area contributed by atoms with E-state index in [1.165, 1.54) is 37.7 Å². The van der Waals surface area contributed by atoms with Gasteiger partial charge in [-0.1, -0.05) is 55.7 Å². The predicted molar refractivity (Wildman–Crippen MR) is 156 cm³/mol. The molecule has 206 valence electrons. The van der Waals surface area contributed by atoms with E-state index in [0.29, 0.717) is 36.9 Å². The van der Waals surface area contributed by atoms with Crippen molar-refractivity contribution in [1.82, 2.24) is 13.8 Å². The predicted octanol–water partition coefficient (Wildman–Crippen LogP) is 6.10. The van der Waals surface area contributed by atoms with Crippen LogP contribution in [0.5, 0.6) is 0 Å². The molecule has 0 N–H and O–H groups in total. The Hall–Kier alpha value is -2.90. The van der Waals surface area contributed by atoms with Gasteiger partial charge in [0.05, 0.1) is 4.90 Å². The fourth-order valence-electron chi connectivity index (χ4n) is 6.83. The second-order valence-corrected chi connectivity index (χ2v) is 13.3. The highest BCUT2D eigenvalue weighted by molar-refractivity contribution is 7.89. The Morgan fingerprint density at radius 2 is 1.62 bits per heavy atom. The van der Waals surface area contributed by atoms with Crippen LogP contribution in [0.2, 0.25) is 0 Å². The Labute approximate surface area is 232 Å². The van der Waals surface area contributed by atoms with Crippen molar-refractivity contribution in [3.05, 3.63) is 71.4 Å². The van der Waals surface area contributed by atoms with Crippen LogP contribution in [-0.4, -0.2) is 54.3 Å². The van der Waals surface area contributed by atoms with Crippen molar-refractivity contribution in [2.24, 2.45) is 0 Å². The molecule has 2 aliphatic heterocycles. The third-order valence-corrected chi connectivity index (χ3v) is 10.9. The van der Waals surface area contributed by atoms with Crippen LogP contribution in [0.15, 0.2) is 59.5 Å². The second kappa shape index (κ2) is 10.9. The third kappa shape index (κ3) is 5.07. The second-order valence-electron chi connectivity index (χ2n) is 11.4. The van der Waals surface area contributed by atoms with Crippen LogP contribution in [0.3, 0.4) is 0 Å². The molecule has 0 spiro atoms. The zero-order valence-corrected chi connectivity index (χ0v) is 23.8. The summed E-state index contributed by atoms with van der Waals surface area (Å²) in [6.07, 6.45) is 11.1. The summed E-state index contributed by atoms with van der Waals surface area (Å²) in [6, 6.07) is 15.9. The number of likely N-dealkylation sites (tertiary alicyclic amines) is 1. The number of aromatic nitrogens is 1. The lowest BCUT2D eigenvalue weighted by molar-refractivity contribution is -0.130. The van der Waals surface area contributed by atoms with Gasteiger partial charge in [-0.2, -0.15) is 4.31 Å². The number of benzene rings is 2. The van der Waals surface area contributed by atoms with Gasteiger partial charge in [-0.3, -0.25) is 4.79 Å². The molecule has 0 atom stereocenters. The molecule has 39 heavy (non-hydrogen) atoms. The molecule has 1 saturated carbocycles. The van der Waals surface area contributed by atoms with Gasteiger partial charge in [0.15, 0.2) is 0 Å². The van der Waals surface area contributed by atoms with Crippen LogP contribution in [0.25, 0.3) is 16.5 Å². The number of para-hydroxylation sites is 1. The van der Waals surface area contributed by atoms with E-state index in [-0.39, 0.29) is 5.91 Å². The SMILES string of the molecule is Cc1c(C2=CCN(S(=O)(=O)c3ccc(C4CCCCC4)cc3)CC2)c2ccccc2n1CC(=O)N1CCCC1. The van der Waals surface area contributed by atoms with Gasteiger partial charge >= 0.3 is 0 Å². The molecular formula is C32H39N3O3S. The number of hydrogen-bond acceptors (Lipinski definition) is 3. The van der Waals surface area contributed by atoms with Crippen LogP contribution in [0.4, 0.5) is 0 Å². The van der Waals surface area contributed by atoms with Crippen LogP contribution >= 0.6 is 0 Å². The fourth-order valence-corrected chi connectivity index (χ4v) is 8.22. The molecule has 2 aromatic carbocycles. The zero-order chi connectivity index (χ0) is 27.0. The minimum Gasteiger partial charge on any atom is -0.341 e. The van der Waals surface area contributed by atoms with Gasteiger partial charge in [-0.05, 0) is 74.3 Å². The first-order chi connectivity index (χ1) is 18.9. The van der Waals surface area contributed by atoms with Gasteiger partial charge in [0.25, 0.3) is 0 Å². The smallest absolute Gasteiger partial charge is 0.243 e. The molecule has 1 amide bonds. The van der Waals surface area contributed by atoms with Crippen LogP contribution in [0.1, 0.15) is 74.1 Å². The average Bonchev–Trinajstić information content (AvgIpc) is 3.61. The summed E-state index contributed by atoms with van der Waals surface area (Å²) in [6.45, 7) is 4.94. The molecule has 3 aromatic rings. The van der Waals surface area contributed by atoms with Gasteiger partial charge < -0.3 is 9.47 Å². The molecule has 2 fully saturated rings. The first-order valence-electron chi connectivity index (χ1n) is 14.6. The zero-order valence-electron chi connectivity index (χ0n) is 22.9. The van der Waals surface area contributed by atoms with E-state index in [0.717, 1.165) is 53.7 Å². The first-order valence-corrected chi connectivity index (χ1v) is 16.0. The molecule has 1 saturated heterocycles. The highest BCUT2D eigenvalue weighted by atomic mass is 32.2. The van der Waals surface area contributed by atoms with E-state index in [4.69, 9.17) is 0 Å². The number of nitrogens with zero attached hydrogens (tertiary/aromatic N) is 3. The lowest BCUT2D eigenvalue weighted by Crippen LogP contribution is -2.34. The molecule has 0 unspecified atom stereocenters. The number of amides is 1. The Bertz CT molecular complexity index is 1490. The minimum absolute atomic E-state index is 0.173. The molecule has 6 nitrogen and oxygen atoms in total.